The molecule has 2 rings (SSSR count). The van der Waals surface area contributed by atoms with Gasteiger partial charge in [-0.1, -0.05) is 0 Å². The van der Waals surface area contributed by atoms with Crippen molar-refractivity contribution < 1.29 is 9.53 Å². The van der Waals surface area contributed by atoms with Crippen LogP contribution in [0.4, 0.5) is 4.79 Å². The van der Waals surface area contributed by atoms with E-state index < -0.39 is 5.60 Å². The van der Waals surface area contributed by atoms with Crippen LogP contribution in [0.1, 0.15) is 40.5 Å². The van der Waals surface area contributed by atoms with Gasteiger partial charge in [-0.05, 0) is 66.6 Å². The number of likely N-dealkylation sites (tertiary alicyclic amines) is 2. The molecule has 0 aromatic carbocycles. The minimum absolute atomic E-state index is 0. The van der Waals surface area contributed by atoms with Gasteiger partial charge in [-0.15, -0.1) is 24.0 Å². The molecule has 0 unspecified atom stereocenters. The Bertz CT molecular complexity index is 467. The average Bonchev–Trinajstić information content (AvgIpc) is 2.47. The molecule has 7 nitrogen and oxygen atoms in total. The Kier molecular flexibility index (Phi) is 9.43. The summed E-state index contributed by atoms with van der Waals surface area (Å²) in [6, 6.07) is 0.239. The number of amides is 1. The van der Waals surface area contributed by atoms with Crippen LogP contribution in [0.15, 0.2) is 4.99 Å². The summed E-state index contributed by atoms with van der Waals surface area (Å²) in [5, 5.41) is 6.74. The second-order valence-electron chi connectivity index (χ2n) is 8.19. The summed E-state index contributed by atoms with van der Waals surface area (Å²) < 4.78 is 5.39. The molecular weight excluding hydrogens is 445 g/mol. The summed E-state index contributed by atoms with van der Waals surface area (Å²) in [4.78, 5) is 20.8. The number of aliphatic imine (C=N–C) groups is 1. The van der Waals surface area contributed by atoms with Crippen LogP contribution < -0.4 is 10.6 Å². The van der Waals surface area contributed by atoms with Gasteiger partial charge in [0, 0.05) is 26.2 Å². The van der Waals surface area contributed by atoms with Gasteiger partial charge in [0.15, 0.2) is 5.96 Å². The second kappa shape index (κ2) is 10.5. The summed E-state index contributed by atoms with van der Waals surface area (Å²) in [6.07, 6.45) is 2.20. The zero-order chi connectivity index (χ0) is 18.4. The number of nitrogens with one attached hydrogen (secondary N) is 2. The molecule has 8 heteroatoms. The molecule has 26 heavy (non-hydrogen) atoms. The molecule has 0 aromatic rings. The summed E-state index contributed by atoms with van der Waals surface area (Å²) in [7, 11) is 2.18. The molecular formula is C18H36IN5O2. The van der Waals surface area contributed by atoms with Gasteiger partial charge in [0.2, 0.25) is 0 Å². The SMILES string of the molecule is CCNC(=NCC1CCN(C)CC1)NC1CN(C(=O)OC(C)(C)C)C1.I. The summed E-state index contributed by atoms with van der Waals surface area (Å²) in [5.41, 5.74) is -0.444. The molecule has 2 N–H and O–H groups in total. The fourth-order valence-electron chi connectivity index (χ4n) is 3.02. The molecule has 0 saturated carbocycles. The second-order valence-corrected chi connectivity index (χ2v) is 8.19. The quantitative estimate of drug-likeness (QED) is 0.366. The first-order chi connectivity index (χ1) is 11.8. The van der Waals surface area contributed by atoms with Gasteiger partial charge in [-0.3, -0.25) is 4.99 Å². The van der Waals surface area contributed by atoms with E-state index in [9.17, 15) is 4.79 Å². The predicted molar refractivity (Wildman–Crippen MR) is 116 cm³/mol. The molecule has 2 saturated heterocycles. The molecule has 0 atom stereocenters. The lowest BCUT2D eigenvalue weighted by atomic mass is 9.97. The van der Waals surface area contributed by atoms with Crippen molar-refractivity contribution in [1.82, 2.24) is 20.4 Å². The van der Waals surface area contributed by atoms with Gasteiger partial charge in [0.1, 0.15) is 5.60 Å². The van der Waals surface area contributed by atoms with Gasteiger partial charge in [-0.2, -0.15) is 0 Å². The maximum atomic E-state index is 12.0. The molecule has 2 heterocycles. The molecule has 0 radical (unpaired) electrons. The van der Waals surface area contributed by atoms with Crippen LogP contribution in [0.3, 0.4) is 0 Å². The number of ether oxygens (including phenoxy) is 1. The number of hydrogen-bond donors (Lipinski definition) is 2. The normalized spacial score (nSPS) is 20.2. The molecule has 1 amide bonds. The lowest BCUT2D eigenvalue weighted by Gasteiger charge is -2.40. The van der Waals surface area contributed by atoms with Gasteiger partial charge in [0.05, 0.1) is 6.04 Å². The Morgan fingerprint density at radius 1 is 1.23 bits per heavy atom. The minimum atomic E-state index is -0.444. The third-order valence-electron chi connectivity index (χ3n) is 4.56. The lowest BCUT2D eigenvalue weighted by Crippen LogP contribution is -2.63. The van der Waals surface area contributed by atoms with Crippen molar-refractivity contribution in [2.45, 2.75) is 52.2 Å². The van der Waals surface area contributed by atoms with Crippen LogP contribution in [-0.4, -0.2) is 79.8 Å². The number of carbonyl (C=O) groups is 1. The number of piperidine rings is 1. The zero-order valence-electron chi connectivity index (χ0n) is 16.9. The van der Waals surface area contributed by atoms with Crippen LogP contribution in [0.2, 0.25) is 0 Å². The topological polar surface area (TPSA) is 69.2 Å². The summed E-state index contributed by atoms with van der Waals surface area (Å²) in [6.45, 7) is 13.1. The Morgan fingerprint density at radius 3 is 2.38 bits per heavy atom. The number of guanidine groups is 1. The fourth-order valence-corrected chi connectivity index (χ4v) is 3.02. The number of nitrogens with zero attached hydrogens (tertiary/aromatic N) is 3. The lowest BCUT2D eigenvalue weighted by molar-refractivity contribution is 0.00700. The van der Waals surface area contributed by atoms with Crippen molar-refractivity contribution in [1.29, 1.82) is 0 Å². The highest BCUT2D eigenvalue weighted by molar-refractivity contribution is 14.0. The monoisotopic (exact) mass is 481 g/mol. The summed E-state index contributed by atoms with van der Waals surface area (Å²) >= 11 is 0. The Balaban J connectivity index is 0.00000338. The molecule has 0 aliphatic carbocycles. The molecule has 2 aliphatic heterocycles. The Morgan fingerprint density at radius 2 is 1.85 bits per heavy atom. The predicted octanol–water partition coefficient (Wildman–Crippen LogP) is 2.12. The summed E-state index contributed by atoms with van der Waals surface area (Å²) in [5.74, 6) is 1.53. The maximum Gasteiger partial charge on any atom is 0.410 e. The van der Waals surface area contributed by atoms with Crippen LogP contribution in [-0.2, 0) is 4.74 Å². The molecule has 2 fully saturated rings. The van der Waals surface area contributed by atoms with Crippen molar-refractivity contribution in [3.8, 4) is 0 Å². The van der Waals surface area contributed by atoms with E-state index in [1.54, 1.807) is 4.90 Å². The Hall–Kier alpha value is -0.770. The van der Waals surface area contributed by atoms with E-state index in [1.165, 1.54) is 12.8 Å². The molecule has 0 bridgehead atoms. The number of hydrogen-bond acceptors (Lipinski definition) is 4. The first-order valence-electron chi connectivity index (χ1n) is 9.48. The van der Waals surface area contributed by atoms with E-state index in [0.717, 1.165) is 32.1 Å². The van der Waals surface area contributed by atoms with Crippen molar-refractivity contribution in [2.24, 2.45) is 10.9 Å². The van der Waals surface area contributed by atoms with Gasteiger partial charge in [0.25, 0.3) is 0 Å². The highest BCUT2D eigenvalue weighted by Gasteiger charge is 2.34. The van der Waals surface area contributed by atoms with E-state index in [2.05, 4.69) is 29.5 Å². The minimum Gasteiger partial charge on any atom is -0.444 e. The first kappa shape index (κ1) is 23.3. The van der Waals surface area contributed by atoms with Crippen molar-refractivity contribution in [3.63, 3.8) is 0 Å². The number of carbonyl (C=O) groups excluding carboxylic acids is 1. The molecule has 2 aliphatic rings. The standard InChI is InChI=1S/C18H35N5O2.HI/c1-6-19-16(20-11-14-7-9-22(5)10-8-14)21-15-12-23(13-15)17(24)25-18(2,3)4;/h14-15H,6-13H2,1-5H3,(H2,19,20,21);1H. The third-order valence-corrected chi connectivity index (χ3v) is 4.56. The average molecular weight is 481 g/mol. The number of halogens is 1. The zero-order valence-corrected chi connectivity index (χ0v) is 19.2. The molecule has 0 aromatic heterocycles. The maximum absolute atomic E-state index is 12.0. The largest absolute Gasteiger partial charge is 0.444 e. The molecule has 0 spiro atoms. The smallest absolute Gasteiger partial charge is 0.410 e. The van der Waals surface area contributed by atoms with Crippen LogP contribution in [0.25, 0.3) is 0 Å². The van der Waals surface area contributed by atoms with E-state index in [-0.39, 0.29) is 36.1 Å². The highest BCUT2D eigenvalue weighted by Crippen LogP contribution is 2.17. The van der Waals surface area contributed by atoms with Crippen LogP contribution in [0, 0.1) is 5.92 Å². The van der Waals surface area contributed by atoms with E-state index >= 15 is 0 Å². The van der Waals surface area contributed by atoms with Gasteiger partial charge in [-0.25, -0.2) is 4.79 Å². The van der Waals surface area contributed by atoms with Gasteiger partial charge < -0.3 is 25.2 Å². The fraction of sp³-hybridized carbons (Fsp3) is 0.889. The van der Waals surface area contributed by atoms with Crippen molar-refractivity contribution >= 4 is 36.0 Å². The van der Waals surface area contributed by atoms with Gasteiger partial charge >= 0.3 is 6.09 Å². The number of rotatable bonds is 4. The van der Waals surface area contributed by atoms with Crippen LogP contribution >= 0.6 is 24.0 Å². The van der Waals surface area contributed by atoms with Crippen molar-refractivity contribution in [2.75, 3.05) is 46.3 Å². The van der Waals surface area contributed by atoms with E-state index in [0.29, 0.717) is 19.0 Å². The highest BCUT2D eigenvalue weighted by atomic mass is 127. The first-order valence-corrected chi connectivity index (χ1v) is 9.48. The Labute approximate surface area is 175 Å². The van der Waals surface area contributed by atoms with E-state index in [4.69, 9.17) is 9.73 Å². The van der Waals surface area contributed by atoms with Crippen molar-refractivity contribution in [3.05, 3.63) is 0 Å². The van der Waals surface area contributed by atoms with E-state index in [1.807, 2.05) is 20.8 Å². The van der Waals surface area contributed by atoms with Crippen LogP contribution in [0.5, 0.6) is 0 Å². The third kappa shape index (κ3) is 7.85. The molecule has 152 valence electrons.